The topological polar surface area (TPSA) is 101 Å². The Balaban J connectivity index is 1.47. The van der Waals surface area contributed by atoms with Gasteiger partial charge in [-0.15, -0.1) is 11.3 Å². The van der Waals surface area contributed by atoms with Crippen LogP contribution < -0.4 is 11.1 Å². The summed E-state index contributed by atoms with van der Waals surface area (Å²) in [5.41, 5.74) is 7.91. The van der Waals surface area contributed by atoms with Gasteiger partial charge in [0.1, 0.15) is 5.69 Å². The molecule has 0 atom stereocenters. The van der Waals surface area contributed by atoms with E-state index in [4.69, 9.17) is 5.73 Å². The number of H-pyrrole nitrogens is 1. The molecule has 0 radical (unpaired) electrons. The highest BCUT2D eigenvalue weighted by Crippen LogP contribution is 2.25. The van der Waals surface area contributed by atoms with Gasteiger partial charge in [-0.25, -0.2) is 4.98 Å². The van der Waals surface area contributed by atoms with E-state index in [1.165, 1.54) is 17.4 Å². The van der Waals surface area contributed by atoms with Crippen molar-refractivity contribution in [3.8, 4) is 11.3 Å². The Labute approximate surface area is 164 Å². The van der Waals surface area contributed by atoms with Crippen LogP contribution in [0.2, 0.25) is 0 Å². The third-order valence-corrected chi connectivity index (χ3v) is 4.97. The van der Waals surface area contributed by atoms with Crippen molar-refractivity contribution >= 4 is 45.1 Å². The highest BCUT2D eigenvalue weighted by molar-refractivity contribution is 7.14. The Hall–Kier alpha value is -3.71. The van der Waals surface area contributed by atoms with E-state index in [0.29, 0.717) is 16.5 Å². The van der Waals surface area contributed by atoms with Crippen LogP contribution in [-0.4, -0.2) is 21.8 Å². The summed E-state index contributed by atoms with van der Waals surface area (Å²) < 4.78 is 0. The van der Waals surface area contributed by atoms with Crippen molar-refractivity contribution in [3.63, 3.8) is 0 Å². The smallest absolute Gasteiger partial charge is 0.265 e. The average Bonchev–Trinajstić information content (AvgIpc) is 3.36. The zero-order valence-corrected chi connectivity index (χ0v) is 15.5. The van der Waals surface area contributed by atoms with Crippen molar-refractivity contribution in [1.82, 2.24) is 9.97 Å². The average molecular weight is 388 g/mol. The maximum Gasteiger partial charge on any atom is 0.265 e. The molecule has 0 aliphatic carbocycles. The Morgan fingerprint density at radius 2 is 1.96 bits per heavy atom. The summed E-state index contributed by atoms with van der Waals surface area (Å²) in [5.74, 6) is -0.797. The molecule has 2 aromatic carbocycles. The Bertz CT molecular complexity index is 1200. The third kappa shape index (κ3) is 3.70. The second-order valence-electron chi connectivity index (χ2n) is 6.10. The lowest BCUT2D eigenvalue weighted by Crippen LogP contribution is -2.10. The lowest BCUT2D eigenvalue weighted by Gasteiger charge is -2.01. The first-order valence-electron chi connectivity index (χ1n) is 8.51. The number of thiazole rings is 1. The highest BCUT2D eigenvalue weighted by atomic mass is 32.1. The molecule has 0 saturated heterocycles. The summed E-state index contributed by atoms with van der Waals surface area (Å²) in [6.07, 6.45) is 4.93. The molecule has 4 rings (SSSR count). The molecule has 138 valence electrons. The number of fused-ring (bicyclic) bond motifs is 1. The summed E-state index contributed by atoms with van der Waals surface area (Å²) in [5, 5.41) is 7.25. The summed E-state index contributed by atoms with van der Waals surface area (Å²) >= 11 is 1.31. The van der Waals surface area contributed by atoms with Gasteiger partial charge in [0.2, 0.25) is 5.91 Å². The predicted molar refractivity (Wildman–Crippen MR) is 112 cm³/mol. The fraction of sp³-hybridized carbons (Fsp3) is 0. The van der Waals surface area contributed by atoms with Crippen LogP contribution in [0.3, 0.4) is 0 Å². The van der Waals surface area contributed by atoms with Crippen molar-refractivity contribution in [1.29, 1.82) is 0 Å². The number of nitrogens with two attached hydrogens (primary N) is 1. The molecule has 28 heavy (non-hydrogen) atoms. The van der Waals surface area contributed by atoms with E-state index >= 15 is 0 Å². The first-order chi connectivity index (χ1) is 13.6. The van der Waals surface area contributed by atoms with E-state index in [-0.39, 0.29) is 5.91 Å². The van der Waals surface area contributed by atoms with Crippen LogP contribution in [-0.2, 0) is 4.79 Å². The molecule has 0 unspecified atom stereocenters. The zero-order valence-electron chi connectivity index (χ0n) is 14.7. The number of hydrogen-bond acceptors (Lipinski definition) is 4. The van der Waals surface area contributed by atoms with Crippen LogP contribution in [0.4, 0.5) is 5.13 Å². The number of primary amides is 1. The highest BCUT2D eigenvalue weighted by Gasteiger charge is 2.10. The van der Waals surface area contributed by atoms with Gasteiger partial charge >= 0.3 is 0 Å². The van der Waals surface area contributed by atoms with E-state index in [1.54, 1.807) is 23.7 Å². The molecule has 0 bridgehead atoms. The van der Waals surface area contributed by atoms with Gasteiger partial charge in [0.15, 0.2) is 5.13 Å². The third-order valence-electron chi connectivity index (χ3n) is 4.22. The Morgan fingerprint density at radius 1 is 1.14 bits per heavy atom. The number of aromatic nitrogens is 2. The molecule has 6 nitrogen and oxygen atoms in total. The largest absolute Gasteiger partial charge is 0.364 e. The molecular formula is C21H16N4O2S. The summed E-state index contributed by atoms with van der Waals surface area (Å²) in [6, 6.07) is 15.6. The Kier molecular flexibility index (Phi) is 4.74. The van der Waals surface area contributed by atoms with E-state index in [2.05, 4.69) is 15.3 Å². The fourth-order valence-corrected chi connectivity index (χ4v) is 3.58. The van der Waals surface area contributed by atoms with Gasteiger partial charge in [-0.1, -0.05) is 42.5 Å². The molecule has 0 saturated carbocycles. The van der Waals surface area contributed by atoms with Gasteiger partial charge in [-0.3, -0.25) is 14.9 Å². The van der Waals surface area contributed by atoms with E-state index in [0.717, 1.165) is 21.9 Å². The number of aromatic amines is 1. The number of carbonyl (C=O) groups is 2. The van der Waals surface area contributed by atoms with Gasteiger partial charge in [-0.2, -0.15) is 0 Å². The molecule has 0 aliphatic rings. The number of anilines is 1. The first-order valence-corrected chi connectivity index (χ1v) is 9.39. The molecule has 2 heterocycles. The van der Waals surface area contributed by atoms with Crippen molar-refractivity contribution in [2.75, 3.05) is 5.32 Å². The number of nitrogens with one attached hydrogen (secondary N) is 2. The lowest BCUT2D eigenvalue weighted by molar-refractivity contribution is -0.111. The minimum absolute atomic E-state index is 0.263. The normalized spacial score (nSPS) is 11.1. The van der Waals surface area contributed by atoms with Crippen molar-refractivity contribution in [2.45, 2.75) is 0 Å². The summed E-state index contributed by atoms with van der Waals surface area (Å²) in [4.78, 5) is 30.6. The minimum atomic E-state index is -0.534. The fourth-order valence-electron chi connectivity index (χ4n) is 2.86. The van der Waals surface area contributed by atoms with Gasteiger partial charge < -0.3 is 10.7 Å². The van der Waals surface area contributed by atoms with Crippen LogP contribution in [0.15, 0.2) is 66.2 Å². The van der Waals surface area contributed by atoms with Gasteiger partial charge in [0, 0.05) is 23.2 Å². The quantitative estimate of drug-likeness (QED) is 0.450. The molecule has 7 heteroatoms. The van der Waals surface area contributed by atoms with Crippen LogP contribution in [0, 0.1) is 0 Å². The molecule has 0 fully saturated rings. The monoisotopic (exact) mass is 388 g/mol. The van der Waals surface area contributed by atoms with Crippen molar-refractivity contribution in [3.05, 3.63) is 77.4 Å². The molecule has 4 aromatic rings. The number of amides is 2. The second-order valence-corrected chi connectivity index (χ2v) is 6.95. The number of carbonyl (C=O) groups excluding carboxylic acids is 2. The van der Waals surface area contributed by atoms with Crippen molar-refractivity contribution in [2.24, 2.45) is 5.73 Å². The zero-order chi connectivity index (χ0) is 19.5. The van der Waals surface area contributed by atoms with Gasteiger partial charge in [0.05, 0.1) is 5.69 Å². The van der Waals surface area contributed by atoms with Gasteiger partial charge in [-0.05, 0) is 28.5 Å². The van der Waals surface area contributed by atoms with Crippen LogP contribution in [0.1, 0.15) is 16.1 Å². The molecule has 4 N–H and O–H groups in total. The second kappa shape index (κ2) is 7.50. The molecule has 0 aliphatic heterocycles. The maximum atomic E-state index is 12.3. The summed E-state index contributed by atoms with van der Waals surface area (Å²) in [6.45, 7) is 0. The van der Waals surface area contributed by atoms with Crippen molar-refractivity contribution < 1.29 is 9.59 Å². The minimum Gasteiger partial charge on any atom is -0.364 e. The molecule has 2 amide bonds. The number of rotatable bonds is 5. The standard InChI is InChI=1S/C21H16N4O2S/c22-20(27)17-10-15(11-23-17)18-12-28-21(24-18)25-19(26)9-8-14-6-3-5-13-4-1-2-7-16(13)14/h1-12,23H,(H2,22,27)(H,24,25,26)/b9-8+. The van der Waals surface area contributed by atoms with E-state index in [9.17, 15) is 9.59 Å². The molecular weight excluding hydrogens is 372 g/mol. The maximum absolute atomic E-state index is 12.3. The number of nitrogens with zero attached hydrogens (tertiary/aromatic N) is 1. The first kappa shape index (κ1) is 17.7. The van der Waals surface area contributed by atoms with E-state index in [1.807, 2.05) is 42.5 Å². The van der Waals surface area contributed by atoms with Crippen LogP contribution in [0.25, 0.3) is 28.1 Å². The molecule has 2 aromatic heterocycles. The van der Waals surface area contributed by atoms with Crippen LogP contribution >= 0.6 is 11.3 Å². The van der Waals surface area contributed by atoms with Crippen LogP contribution in [0.5, 0.6) is 0 Å². The number of benzene rings is 2. The van der Waals surface area contributed by atoms with Gasteiger partial charge in [0.25, 0.3) is 5.91 Å². The Morgan fingerprint density at radius 3 is 2.79 bits per heavy atom. The SMILES string of the molecule is NC(=O)c1cc(-c2csc(NC(=O)/C=C/c3cccc4ccccc34)n2)c[nH]1. The number of hydrogen-bond donors (Lipinski definition) is 3. The van der Waals surface area contributed by atoms with E-state index < -0.39 is 5.91 Å². The molecule has 0 spiro atoms. The predicted octanol–water partition coefficient (Wildman–Crippen LogP) is 4.04. The lowest BCUT2D eigenvalue weighted by atomic mass is 10.0. The summed E-state index contributed by atoms with van der Waals surface area (Å²) in [7, 11) is 0.